The maximum absolute atomic E-state index is 12.7. The van der Waals surface area contributed by atoms with Crippen LogP contribution in [0.2, 0.25) is 5.02 Å². The number of thiazole rings is 1. The first-order valence-electron chi connectivity index (χ1n) is 7.99. The molecule has 27 heavy (non-hydrogen) atoms. The number of hydrogen-bond donors (Lipinski definition) is 1. The molecule has 0 atom stereocenters. The molecule has 0 bridgehead atoms. The van der Waals surface area contributed by atoms with E-state index >= 15 is 0 Å². The van der Waals surface area contributed by atoms with Crippen molar-refractivity contribution in [3.05, 3.63) is 62.2 Å². The molecule has 1 aromatic carbocycles. The maximum atomic E-state index is 12.7. The van der Waals surface area contributed by atoms with Gasteiger partial charge in [-0.05, 0) is 42.6 Å². The molecular formula is C18H13ClN4O2S2. The van der Waals surface area contributed by atoms with Crippen molar-refractivity contribution in [3.8, 4) is 10.6 Å². The topological polar surface area (TPSA) is 76.9 Å². The van der Waals surface area contributed by atoms with Crippen LogP contribution in [0.4, 0.5) is 5.69 Å². The monoisotopic (exact) mass is 416 g/mol. The van der Waals surface area contributed by atoms with Gasteiger partial charge in [0.05, 0.1) is 14.6 Å². The highest BCUT2D eigenvalue weighted by molar-refractivity contribution is 7.20. The van der Waals surface area contributed by atoms with Crippen LogP contribution in [0, 0.1) is 6.92 Å². The molecule has 136 valence electrons. The minimum Gasteiger partial charge on any atom is -0.324 e. The SMILES string of the molecule is Cc1nc2c(=O)n(CC(=O)Nc3ccc(Cl)cc3)nc(-c3cccs3)c2s1. The first-order valence-corrected chi connectivity index (χ1v) is 10.1. The first kappa shape index (κ1) is 17.8. The summed E-state index contributed by atoms with van der Waals surface area (Å²) in [6.45, 7) is 1.65. The Labute approximate surface area is 167 Å². The Morgan fingerprint density at radius 3 is 2.74 bits per heavy atom. The van der Waals surface area contributed by atoms with Crippen molar-refractivity contribution in [1.29, 1.82) is 0 Å². The lowest BCUT2D eigenvalue weighted by molar-refractivity contribution is -0.117. The summed E-state index contributed by atoms with van der Waals surface area (Å²) in [7, 11) is 0. The summed E-state index contributed by atoms with van der Waals surface area (Å²) in [4.78, 5) is 30.4. The Balaban J connectivity index is 1.71. The van der Waals surface area contributed by atoms with Gasteiger partial charge in [0.1, 0.15) is 12.2 Å². The fourth-order valence-corrected chi connectivity index (χ4v) is 4.43. The summed E-state index contributed by atoms with van der Waals surface area (Å²) < 4.78 is 1.91. The zero-order chi connectivity index (χ0) is 19.0. The van der Waals surface area contributed by atoms with Crippen LogP contribution in [0.1, 0.15) is 5.01 Å². The molecule has 3 aromatic heterocycles. The number of fused-ring (bicyclic) bond motifs is 1. The summed E-state index contributed by atoms with van der Waals surface area (Å²) >= 11 is 8.80. The average Bonchev–Trinajstić information content (AvgIpc) is 3.29. The van der Waals surface area contributed by atoms with E-state index in [9.17, 15) is 9.59 Å². The minimum atomic E-state index is -0.374. The van der Waals surface area contributed by atoms with Crippen LogP contribution in [-0.4, -0.2) is 20.7 Å². The molecule has 1 amide bonds. The maximum Gasteiger partial charge on any atom is 0.294 e. The number of rotatable bonds is 4. The van der Waals surface area contributed by atoms with Crippen molar-refractivity contribution in [2.24, 2.45) is 0 Å². The van der Waals surface area contributed by atoms with Crippen molar-refractivity contribution in [3.63, 3.8) is 0 Å². The second kappa shape index (κ2) is 7.22. The molecule has 1 N–H and O–H groups in total. The number of anilines is 1. The van der Waals surface area contributed by atoms with Gasteiger partial charge >= 0.3 is 0 Å². The van der Waals surface area contributed by atoms with Gasteiger partial charge < -0.3 is 5.32 Å². The third-order valence-electron chi connectivity index (χ3n) is 3.78. The van der Waals surface area contributed by atoms with Gasteiger partial charge in [-0.25, -0.2) is 9.67 Å². The van der Waals surface area contributed by atoms with E-state index < -0.39 is 0 Å². The van der Waals surface area contributed by atoms with E-state index in [0.29, 0.717) is 21.9 Å². The van der Waals surface area contributed by atoms with Crippen LogP contribution in [0.15, 0.2) is 46.6 Å². The van der Waals surface area contributed by atoms with Crippen molar-refractivity contribution >= 4 is 56.1 Å². The van der Waals surface area contributed by atoms with Crippen LogP contribution < -0.4 is 10.9 Å². The van der Waals surface area contributed by atoms with Crippen molar-refractivity contribution in [1.82, 2.24) is 14.8 Å². The lowest BCUT2D eigenvalue weighted by atomic mass is 10.3. The van der Waals surface area contributed by atoms with Gasteiger partial charge in [-0.15, -0.1) is 22.7 Å². The number of hydrogen-bond acceptors (Lipinski definition) is 6. The van der Waals surface area contributed by atoms with Crippen molar-refractivity contribution in [2.75, 3.05) is 5.32 Å². The van der Waals surface area contributed by atoms with Crippen LogP contribution >= 0.6 is 34.3 Å². The molecular weight excluding hydrogens is 404 g/mol. The van der Waals surface area contributed by atoms with Gasteiger partial charge in [0.15, 0.2) is 5.52 Å². The van der Waals surface area contributed by atoms with E-state index in [-0.39, 0.29) is 18.0 Å². The molecule has 0 aliphatic rings. The quantitative estimate of drug-likeness (QED) is 0.541. The fraction of sp³-hybridized carbons (Fsp3) is 0.111. The predicted molar refractivity (Wildman–Crippen MR) is 110 cm³/mol. The van der Waals surface area contributed by atoms with E-state index in [1.54, 1.807) is 24.3 Å². The zero-order valence-corrected chi connectivity index (χ0v) is 16.5. The highest BCUT2D eigenvalue weighted by atomic mass is 35.5. The molecule has 0 aliphatic carbocycles. The number of carbonyl (C=O) groups is 1. The fourth-order valence-electron chi connectivity index (χ4n) is 2.62. The normalized spacial score (nSPS) is 11.0. The van der Waals surface area contributed by atoms with Gasteiger partial charge in [0.2, 0.25) is 5.91 Å². The lowest BCUT2D eigenvalue weighted by Crippen LogP contribution is -2.30. The highest BCUT2D eigenvalue weighted by Crippen LogP contribution is 2.31. The third-order valence-corrected chi connectivity index (χ3v) is 5.89. The summed E-state index contributed by atoms with van der Waals surface area (Å²) in [6, 6.07) is 10.6. The van der Waals surface area contributed by atoms with Gasteiger partial charge in [-0.2, -0.15) is 5.10 Å². The number of aromatic nitrogens is 3. The first-order chi connectivity index (χ1) is 13.0. The largest absolute Gasteiger partial charge is 0.324 e. The number of aryl methyl sites for hydroxylation is 1. The molecule has 0 spiro atoms. The molecule has 0 radical (unpaired) electrons. The summed E-state index contributed by atoms with van der Waals surface area (Å²) in [5.41, 5.74) is 1.24. The van der Waals surface area contributed by atoms with E-state index in [1.165, 1.54) is 27.4 Å². The lowest BCUT2D eigenvalue weighted by Gasteiger charge is -2.08. The summed E-state index contributed by atoms with van der Waals surface area (Å²) in [5, 5.41) is 10.5. The van der Waals surface area contributed by atoms with Gasteiger partial charge in [0.25, 0.3) is 5.56 Å². The molecule has 3 heterocycles. The van der Waals surface area contributed by atoms with E-state index in [0.717, 1.165) is 14.6 Å². The molecule has 9 heteroatoms. The molecule has 0 unspecified atom stereocenters. The average molecular weight is 417 g/mol. The Hall–Kier alpha value is -2.55. The third kappa shape index (κ3) is 3.64. The molecule has 0 fully saturated rings. The number of nitrogens with zero attached hydrogens (tertiary/aromatic N) is 3. The Bertz CT molecular complexity index is 1180. The Morgan fingerprint density at radius 1 is 1.26 bits per heavy atom. The predicted octanol–water partition coefficient (Wildman–Crippen LogP) is 4.18. The number of carbonyl (C=O) groups excluding carboxylic acids is 1. The van der Waals surface area contributed by atoms with Gasteiger partial charge in [-0.1, -0.05) is 17.7 Å². The van der Waals surface area contributed by atoms with Gasteiger partial charge in [-0.3, -0.25) is 9.59 Å². The number of halogens is 1. The molecule has 4 rings (SSSR count). The van der Waals surface area contributed by atoms with Crippen LogP contribution in [0.3, 0.4) is 0 Å². The Morgan fingerprint density at radius 2 is 2.04 bits per heavy atom. The highest BCUT2D eigenvalue weighted by Gasteiger charge is 2.18. The van der Waals surface area contributed by atoms with Crippen molar-refractivity contribution in [2.45, 2.75) is 13.5 Å². The molecule has 0 saturated heterocycles. The molecule has 6 nitrogen and oxygen atoms in total. The number of benzene rings is 1. The number of thiophene rings is 1. The van der Waals surface area contributed by atoms with E-state index in [1.807, 2.05) is 24.4 Å². The van der Waals surface area contributed by atoms with Crippen LogP contribution in [-0.2, 0) is 11.3 Å². The number of nitrogens with one attached hydrogen (secondary N) is 1. The van der Waals surface area contributed by atoms with Crippen LogP contribution in [0.5, 0.6) is 0 Å². The van der Waals surface area contributed by atoms with Crippen molar-refractivity contribution < 1.29 is 4.79 Å². The molecule has 0 aliphatic heterocycles. The smallest absolute Gasteiger partial charge is 0.294 e. The van der Waals surface area contributed by atoms with E-state index in [4.69, 9.17) is 11.6 Å². The van der Waals surface area contributed by atoms with Crippen LogP contribution in [0.25, 0.3) is 20.8 Å². The second-order valence-corrected chi connectivity index (χ2v) is 8.34. The summed E-state index contributed by atoms with van der Waals surface area (Å²) in [6.07, 6.45) is 0. The van der Waals surface area contributed by atoms with Gasteiger partial charge in [0, 0.05) is 10.7 Å². The molecule has 0 saturated carbocycles. The second-order valence-electron chi connectivity index (χ2n) is 5.75. The number of amides is 1. The zero-order valence-electron chi connectivity index (χ0n) is 14.1. The minimum absolute atomic E-state index is 0.202. The molecule has 4 aromatic rings. The summed E-state index contributed by atoms with van der Waals surface area (Å²) in [5.74, 6) is -0.352. The Kier molecular flexibility index (Phi) is 4.77. The van der Waals surface area contributed by atoms with E-state index in [2.05, 4.69) is 15.4 Å². The standard InChI is InChI=1S/C18H13ClN4O2S2/c1-10-20-16-17(27-10)15(13-3-2-8-26-13)22-23(18(16)25)9-14(24)21-12-6-4-11(19)5-7-12/h2-8H,9H2,1H3,(H,21,24).